The first kappa shape index (κ1) is 5.41. The predicted octanol–water partition coefficient (Wildman–Crippen LogP) is 0.838. The standard InChI is InChI=1S/C7H6N3/c1-6-3-2-4-7-9-8-5-10(6)7/h2-4H,1H3. The number of hydrogen-bond acceptors (Lipinski definition) is 2. The highest BCUT2D eigenvalue weighted by Crippen LogP contribution is 2.00. The molecule has 10 heavy (non-hydrogen) atoms. The molecule has 3 heteroatoms. The summed E-state index contributed by atoms with van der Waals surface area (Å²) in [6.45, 7) is 1.99. The zero-order chi connectivity index (χ0) is 6.97. The van der Waals surface area contributed by atoms with Crippen LogP contribution in [0.1, 0.15) is 5.69 Å². The molecule has 0 aliphatic carbocycles. The molecule has 0 fully saturated rings. The van der Waals surface area contributed by atoms with Crippen molar-refractivity contribution in [2.75, 3.05) is 0 Å². The van der Waals surface area contributed by atoms with E-state index in [1.54, 1.807) is 0 Å². The maximum atomic E-state index is 3.84. The van der Waals surface area contributed by atoms with Crippen LogP contribution in [0.4, 0.5) is 0 Å². The monoisotopic (exact) mass is 132 g/mol. The van der Waals surface area contributed by atoms with Crippen LogP contribution in [0.15, 0.2) is 18.2 Å². The van der Waals surface area contributed by atoms with Crippen LogP contribution in [0.5, 0.6) is 0 Å². The van der Waals surface area contributed by atoms with Gasteiger partial charge in [-0.2, -0.15) is 0 Å². The van der Waals surface area contributed by atoms with Crippen molar-refractivity contribution >= 4 is 5.65 Å². The molecule has 0 N–H and O–H groups in total. The van der Waals surface area contributed by atoms with Crippen molar-refractivity contribution in [1.29, 1.82) is 0 Å². The van der Waals surface area contributed by atoms with Crippen molar-refractivity contribution in [3.63, 3.8) is 0 Å². The van der Waals surface area contributed by atoms with Crippen LogP contribution in [0.3, 0.4) is 0 Å². The SMILES string of the molecule is Cc1cccc2nn[c]n12. The number of aromatic nitrogens is 3. The highest BCUT2D eigenvalue weighted by molar-refractivity contribution is 5.37. The summed E-state index contributed by atoms with van der Waals surface area (Å²) < 4.78 is 1.82. The highest BCUT2D eigenvalue weighted by Gasteiger charge is 1.94. The van der Waals surface area contributed by atoms with Gasteiger partial charge in [0.1, 0.15) is 0 Å². The predicted molar refractivity (Wildman–Crippen MR) is 36.6 cm³/mol. The van der Waals surface area contributed by atoms with E-state index >= 15 is 0 Å². The fourth-order valence-electron chi connectivity index (χ4n) is 0.930. The summed E-state index contributed by atoms with van der Waals surface area (Å²) in [7, 11) is 0. The Morgan fingerprint density at radius 2 is 2.40 bits per heavy atom. The molecular weight excluding hydrogens is 126 g/mol. The van der Waals surface area contributed by atoms with Crippen molar-refractivity contribution < 1.29 is 0 Å². The van der Waals surface area contributed by atoms with Crippen LogP contribution in [-0.2, 0) is 0 Å². The summed E-state index contributed by atoms with van der Waals surface area (Å²) >= 11 is 0. The highest BCUT2D eigenvalue weighted by atomic mass is 15.2. The van der Waals surface area contributed by atoms with Crippen molar-refractivity contribution in [3.05, 3.63) is 30.2 Å². The van der Waals surface area contributed by atoms with Crippen molar-refractivity contribution in [2.45, 2.75) is 6.92 Å². The van der Waals surface area contributed by atoms with Crippen molar-refractivity contribution in [3.8, 4) is 0 Å². The Morgan fingerprint density at radius 1 is 1.50 bits per heavy atom. The average Bonchev–Trinajstić information content (AvgIpc) is 2.36. The molecule has 0 saturated carbocycles. The number of pyridine rings is 1. The second-order valence-corrected chi connectivity index (χ2v) is 2.16. The third-order valence-electron chi connectivity index (χ3n) is 1.46. The van der Waals surface area contributed by atoms with E-state index in [0.29, 0.717) is 0 Å². The largest absolute Gasteiger partial charge is 0.277 e. The van der Waals surface area contributed by atoms with Gasteiger partial charge < -0.3 is 0 Å². The molecule has 0 aliphatic heterocycles. The van der Waals surface area contributed by atoms with E-state index in [0.717, 1.165) is 11.3 Å². The fraction of sp³-hybridized carbons (Fsp3) is 0.143. The Bertz CT molecular complexity index is 350. The molecule has 0 spiro atoms. The normalized spacial score (nSPS) is 10.5. The maximum Gasteiger partial charge on any atom is 0.207 e. The van der Waals surface area contributed by atoms with Gasteiger partial charge in [-0.25, -0.2) is 0 Å². The minimum Gasteiger partial charge on any atom is -0.277 e. The molecule has 0 bridgehead atoms. The van der Waals surface area contributed by atoms with E-state index in [4.69, 9.17) is 0 Å². The Balaban J connectivity index is 2.95. The molecule has 2 rings (SSSR count). The van der Waals surface area contributed by atoms with Gasteiger partial charge in [-0.15, -0.1) is 10.2 Å². The third-order valence-corrected chi connectivity index (χ3v) is 1.46. The summed E-state index contributed by atoms with van der Waals surface area (Å²) in [6.07, 6.45) is 2.74. The van der Waals surface area contributed by atoms with Gasteiger partial charge in [0.2, 0.25) is 6.33 Å². The Labute approximate surface area is 58.3 Å². The lowest BCUT2D eigenvalue weighted by Crippen LogP contribution is -1.87. The van der Waals surface area contributed by atoms with Gasteiger partial charge in [0.15, 0.2) is 5.65 Å². The van der Waals surface area contributed by atoms with E-state index in [1.807, 2.05) is 29.5 Å². The van der Waals surface area contributed by atoms with Gasteiger partial charge in [-0.1, -0.05) is 6.07 Å². The first-order valence-corrected chi connectivity index (χ1v) is 3.06. The van der Waals surface area contributed by atoms with Crippen molar-refractivity contribution in [2.24, 2.45) is 0 Å². The number of aryl methyl sites for hydroxylation is 1. The van der Waals surface area contributed by atoms with Gasteiger partial charge in [-0.05, 0) is 19.1 Å². The minimum atomic E-state index is 0.847. The van der Waals surface area contributed by atoms with Crippen LogP contribution in [-0.4, -0.2) is 14.6 Å². The minimum absolute atomic E-state index is 0.847. The van der Waals surface area contributed by atoms with Crippen LogP contribution in [0, 0.1) is 13.3 Å². The molecule has 0 unspecified atom stereocenters. The van der Waals surface area contributed by atoms with Crippen LogP contribution < -0.4 is 0 Å². The molecular formula is C7H6N3. The van der Waals surface area contributed by atoms with E-state index < -0.39 is 0 Å². The maximum absolute atomic E-state index is 3.84. The molecule has 0 aromatic carbocycles. The van der Waals surface area contributed by atoms with Crippen LogP contribution >= 0.6 is 0 Å². The van der Waals surface area contributed by atoms with E-state index in [9.17, 15) is 0 Å². The molecule has 2 aromatic rings. The second-order valence-electron chi connectivity index (χ2n) is 2.16. The van der Waals surface area contributed by atoms with Crippen LogP contribution in [0.25, 0.3) is 5.65 Å². The smallest absolute Gasteiger partial charge is 0.207 e. The van der Waals surface area contributed by atoms with E-state index in [2.05, 4.69) is 16.5 Å². The lowest BCUT2D eigenvalue weighted by molar-refractivity contribution is 1.05. The van der Waals surface area contributed by atoms with Gasteiger partial charge in [-0.3, -0.25) is 4.40 Å². The Morgan fingerprint density at radius 3 is 3.20 bits per heavy atom. The average molecular weight is 132 g/mol. The van der Waals surface area contributed by atoms with Gasteiger partial charge in [0.05, 0.1) is 0 Å². The summed E-state index contributed by atoms with van der Waals surface area (Å²) in [6, 6.07) is 5.84. The summed E-state index contributed by atoms with van der Waals surface area (Å²) in [5.41, 5.74) is 1.95. The van der Waals surface area contributed by atoms with E-state index in [-0.39, 0.29) is 0 Å². The number of hydrogen-bond donors (Lipinski definition) is 0. The first-order valence-electron chi connectivity index (χ1n) is 3.06. The second kappa shape index (κ2) is 1.80. The molecule has 0 aliphatic rings. The molecule has 2 aromatic heterocycles. The van der Waals surface area contributed by atoms with Crippen LogP contribution in [0.2, 0.25) is 0 Å². The zero-order valence-electron chi connectivity index (χ0n) is 5.57. The molecule has 0 saturated heterocycles. The Kier molecular flexibility index (Phi) is 0.974. The quantitative estimate of drug-likeness (QED) is 0.531. The summed E-state index contributed by atoms with van der Waals surface area (Å²) in [5, 5.41) is 7.49. The lowest BCUT2D eigenvalue weighted by Gasteiger charge is -1.93. The molecule has 1 radical (unpaired) electrons. The number of nitrogens with zero attached hydrogens (tertiary/aromatic N) is 3. The van der Waals surface area contributed by atoms with E-state index in [1.165, 1.54) is 0 Å². The number of rotatable bonds is 0. The first-order chi connectivity index (χ1) is 4.88. The Hall–Kier alpha value is -1.38. The molecule has 3 nitrogen and oxygen atoms in total. The topological polar surface area (TPSA) is 30.2 Å². The summed E-state index contributed by atoms with van der Waals surface area (Å²) in [5.74, 6) is 0. The molecule has 2 heterocycles. The van der Waals surface area contributed by atoms with Crippen molar-refractivity contribution in [1.82, 2.24) is 14.6 Å². The molecule has 0 atom stereocenters. The fourth-order valence-corrected chi connectivity index (χ4v) is 0.930. The van der Waals surface area contributed by atoms with Gasteiger partial charge in [0.25, 0.3) is 0 Å². The number of fused-ring (bicyclic) bond motifs is 1. The zero-order valence-corrected chi connectivity index (χ0v) is 5.57. The molecule has 49 valence electrons. The van der Waals surface area contributed by atoms with Gasteiger partial charge >= 0.3 is 0 Å². The summed E-state index contributed by atoms with van der Waals surface area (Å²) in [4.78, 5) is 0. The lowest BCUT2D eigenvalue weighted by atomic mass is 10.4. The third kappa shape index (κ3) is 0.603. The van der Waals surface area contributed by atoms with Gasteiger partial charge in [0, 0.05) is 5.69 Å². The molecule has 0 amide bonds.